The molecule has 18 heavy (non-hydrogen) atoms. The number of carboxylic acid groups (broad SMARTS) is 1. The molecule has 3 amide bonds. The lowest BCUT2D eigenvalue weighted by molar-refractivity contribution is -0.137. The normalized spacial score (nSPS) is 11.5. The number of carbonyl (C=O) groups is 3. The highest BCUT2D eigenvalue weighted by molar-refractivity contribution is 5.83. The van der Waals surface area contributed by atoms with Gasteiger partial charge in [-0.2, -0.15) is 0 Å². The van der Waals surface area contributed by atoms with Gasteiger partial charge in [-0.05, 0) is 12.3 Å². The maximum atomic E-state index is 11.6. The molecule has 0 aromatic rings. The van der Waals surface area contributed by atoms with Crippen molar-refractivity contribution in [2.75, 3.05) is 27.2 Å². The number of nitrogens with one attached hydrogen (secondary N) is 2. The number of hydrogen-bond donors (Lipinski definition) is 3. The second kappa shape index (κ2) is 8.32. The highest BCUT2D eigenvalue weighted by Gasteiger charge is 2.13. The van der Waals surface area contributed by atoms with E-state index in [-0.39, 0.29) is 30.8 Å². The molecule has 0 heterocycles. The van der Waals surface area contributed by atoms with Gasteiger partial charge in [0.1, 0.15) is 6.54 Å². The average molecular weight is 259 g/mol. The molecule has 1 unspecified atom stereocenters. The number of hydrogen-bond acceptors (Lipinski definition) is 3. The standard InChI is InChI=1S/C11H21N3O4/c1-8(4-5-10(16)17)6-13-11(18)14(3)7-9(15)12-2/h8H,4-7H2,1-3H3,(H,12,15)(H,13,18)(H,16,17). The fourth-order valence-electron chi connectivity index (χ4n) is 1.23. The summed E-state index contributed by atoms with van der Waals surface area (Å²) in [5.74, 6) is -1.00. The van der Waals surface area contributed by atoms with Gasteiger partial charge in [0.15, 0.2) is 0 Å². The van der Waals surface area contributed by atoms with Gasteiger partial charge in [-0.3, -0.25) is 9.59 Å². The summed E-state index contributed by atoms with van der Waals surface area (Å²) in [6.45, 7) is 2.25. The summed E-state index contributed by atoms with van der Waals surface area (Å²) in [7, 11) is 3.02. The third kappa shape index (κ3) is 7.48. The van der Waals surface area contributed by atoms with Crippen molar-refractivity contribution in [3.63, 3.8) is 0 Å². The molecular weight excluding hydrogens is 238 g/mol. The smallest absolute Gasteiger partial charge is 0.317 e. The van der Waals surface area contributed by atoms with Gasteiger partial charge < -0.3 is 20.6 Å². The molecular formula is C11H21N3O4. The van der Waals surface area contributed by atoms with Crippen molar-refractivity contribution >= 4 is 17.9 Å². The first-order valence-corrected chi connectivity index (χ1v) is 5.78. The van der Waals surface area contributed by atoms with Crippen LogP contribution in [0.3, 0.4) is 0 Å². The Balaban J connectivity index is 3.87. The van der Waals surface area contributed by atoms with Crippen LogP contribution in [-0.2, 0) is 9.59 Å². The number of aliphatic carboxylic acids is 1. The van der Waals surface area contributed by atoms with E-state index in [2.05, 4.69) is 10.6 Å². The molecule has 0 rings (SSSR count). The number of urea groups is 1. The van der Waals surface area contributed by atoms with Crippen LogP contribution in [0.5, 0.6) is 0 Å². The van der Waals surface area contributed by atoms with Crippen LogP contribution in [0.4, 0.5) is 4.79 Å². The van der Waals surface area contributed by atoms with Crippen LogP contribution in [0.1, 0.15) is 19.8 Å². The molecule has 0 aromatic carbocycles. The number of likely N-dealkylation sites (N-methyl/N-ethyl adjacent to an activating group) is 2. The van der Waals surface area contributed by atoms with E-state index in [1.165, 1.54) is 19.0 Å². The van der Waals surface area contributed by atoms with E-state index in [1.54, 1.807) is 0 Å². The summed E-state index contributed by atoms with van der Waals surface area (Å²) in [6, 6.07) is -0.347. The van der Waals surface area contributed by atoms with Crippen molar-refractivity contribution in [1.82, 2.24) is 15.5 Å². The van der Waals surface area contributed by atoms with Gasteiger partial charge in [0.2, 0.25) is 5.91 Å². The van der Waals surface area contributed by atoms with Crippen molar-refractivity contribution in [1.29, 1.82) is 0 Å². The molecule has 0 aliphatic rings. The Morgan fingerprint density at radius 2 is 1.94 bits per heavy atom. The first-order valence-electron chi connectivity index (χ1n) is 5.78. The maximum absolute atomic E-state index is 11.6. The molecule has 7 nitrogen and oxygen atoms in total. The zero-order valence-electron chi connectivity index (χ0n) is 11.0. The molecule has 0 aliphatic heterocycles. The molecule has 3 N–H and O–H groups in total. The van der Waals surface area contributed by atoms with E-state index in [9.17, 15) is 14.4 Å². The number of nitrogens with zero attached hydrogens (tertiary/aromatic N) is 1. The highest BCUT2D eigenvalue weighted by Crippen LogP contribution is 2.03. The second-order valence-corrected chi connectivity index (χ2v) is 4.25. The van der Waals surface area contributed by atoms with Crippen molar-refractivity contribution in [3.8, 4) is 0 Å². The SMILES string of the molecule is CNC(=O)CN(C)C(=O)NCC(C)CCC(=O)O. The molecule has 7 heteroatoms. The summed E-state index contributed by atoms with van der Waals surface area (Å²) in [6.07, 6.45) is 0.597. The van der Waals surface area contributed by atoms with Crippen LogP contribution >= 0.6 is 0 Å². The fraction of sp³-hybridized carbons (Fsp3) is 0.727. The minimum Gasteiger partial charge on any atom is -0.481 e. The van der Waals surface area contributed by atoms with Crippen molar-refractivity contribution in [2.45, 2.75) is 19.8 Å². The Hall–Kier alpha value is -1.79. The van der Waals surface area contributed by atoms with Gasteiger partial charge in [-0.25, -0.2) is 4.79 Å². The Bertz CT molecular complexity index is 307. The molecule has 0 bridgehead atoms. The van der Waals surface area contributed by atoms with Crippen molar-refractivity contribution in [3.05, 3.63) is 0 Å². The van der Waals surface area contributed by atoms with E-state index < -0.39 is 5.97 Å². The Morgan fingerprint density at radius 1 is 1.33 bits per heavy atom. The number of rotatable bonds is 7. The highest BCUT2D eigenvalue weighted by atomic mass is 16.4. The minimum absolute atomic E-state index is 0.00810. The number of amides is 3. The second-order valence-electron chi connectivity index (χ2n) is 4.25. The quantitative estimate of drug-likeness (QED) is 0.593. The van der Waals surface area contributed by atoms with Gasteiger partial charge >= 0.3 is 12.0 Å². The lowest BCUT2D eigenvalue weighted by Crippen LogP contribution is -2.43. The van der Waals surface area contributed by atoms with Crippen LogP contribution in [0, 0.1) is 5.92 Å². The summed E-state index contributed by atoms with van der Waals surface area (Å²) in [5.41, 5.74) is 0. The van der Waals surface area contributed by atoms with E-state index in [0.717, 1.165) is 0 Å². The van der Waals surface area contributed by atoms with Crippen LogP contribution < -0.4 is 10.6 Å². The first-order chi connectivity index (χ1) is 8.36. The summed E-state index contributed by atoms with van der Waals surface area (Å²) < 4.78 is 0. The fourth-order valence-corrected chi connectivity index (χ4v) is 1.23. The third-order valence-corrected chi connectivity index (χ3v) is 2.46. The molecule has 0 saturated carbocycles. The van der Waals surface area contributed by atoms with E-state index >= 15 is 0 Å². The van der Waals surface area contributed by atoms with Crippen LogP contribution in [0.15, 0.2) is 0 Å². The Labute approximate surface area is 107 Å². The Kier molecular flexibility index (Phi) is 7.50. The molecule has 0 spiro atoms. The zero-order valence-corrected chi connectivity index (χ0v) is 11.0. The van der Waals surface area contributed by atoms with E-state index in [4.69, 9.17) is 5.11 Å². The Morgan fingerprint density at radius 3 is 2.44 bits per heavy atom. The molecule has 104 valence electrons. The zero-order chi connectivity index (χ0) is 14.1. The first kappa shape index (κ1) is 16.2. The van der Waals surface area contributed by atoms with Crippen molar-refractivity contribution in [2.24, 2.45) is 5.92 Å². The predicted octanol–water partition coefficient (Wildman–Crippen LogP) is -0.125. The molecule has 0 aromatic heterocycles. The average Bonchev–Trinajstić information content (AvgIpc) is 2.32. The van der Waals surface area contributed by atoms with Gasteiger partial charge in [0.05, 0.1) is 0 Å². The molecule has 1 atom stereocenters. The molecule has 0 radical (unpaired) electrons. The van der Waals surface area contributed by atoms with Crippen LogP contribution in [0.2, 0.25) is 0 Å². The lowest BCUT2D eigenvalue weighted by Gasteiger charge is -2.18. The van der Waals surface area contributed by atoms with Gasteiger partial charge in [-0.1, -0.05) is 6.92 Å². The third-order valence-electron chi connectivity index (χ3n) is 2.46. The van der Waals surface area contributed by atoms with Crippen LogP contribution in [0.25, 0.3) is 0 Å². The summed E-state index contributed by atoms with van der Waals surface area (Å²) in [5, 5.41) is 13.6. The topological polar surface area (TPSA) is 98.7 Å². The lowest BCUT2D eigenvalue weighted by atomic mass is 10.1. The largest absolute Gasteiger partial charge is 0.481 e. The number of carbonyl (C=O) groups excluding carboxylic acids is 2. The van der Waals surface area contributed by atoms with Gasteiger partial charge in [-0.15, -0.1) is 0 Å². The van der Waals surface area contributed by atoms with Gasteiger partial charge in [0, 0.05) is 27.1 Å². The monoisotopic (exact) mass is 259 g/mol. The van der Waals surface area contributed by atoms with Gasteiger partial charge in [0.25, 0.3) is 0 Å². The molecule has 0 fully saturated rings. The minimum atomic E-state index is -0.843. The molecule has 0 aliphatic carbocycles. The predicted molar refractivity (Wildman–Crippen MR) is 66.1 cm³/mol. The maximum Gasteiger partial charge on any atom is 0.317 e. The molecule has 0 saturated heterocycles. The number of carboxylic acids is 1. The summed E-state index contributed by atoms with van der Waals surface area (Å²) in [4.78, 5) is 34.2. The van der Waals surface area contributed by atoms with E-state index in [1.807, 2.05) is 6.92 Å². The van der Waals surface area contributed by atoms with E-state index in [0.29, 0.717) is 13.0 Å². The van der Waals surface area contributed by atoms with Crippen LogP contribution in [-0.4, -0.2) is 55.1 Å². The van der Waals surface area contributed by atoms with Crippen molar-refractivity contribution < 1.29 is 19.5 Å². The summed E-state index contributed by atoms with van der Waals surface area (Å²) >= 11 is 0.